The maximum absolute atomic E-state index is 12.9. The molecule has 1 aromatic heterocycles. The predicted molar refractivity (Wildman–Crippen MR) is 87.4 cm³/mol. The molecule has 5 nitrogen and oxygen atoms in total. The number of aliphatic carboxylic acids is 1. The lowest BCUT2D eigenvalue weighted by molar-refractivity contribution is -0.142. The van der Waals surface area contributed by atoms with Crippen molar-refractivity contribution in [1.82, 2.24) is 4.90 Å². The summed E-state index contributed by atoms with van der Waals surface area (Å²) in [7, 11) is 0. The molecular formula is C19H19NO4. The number of carbonyl (C=O) groups is 2. The molecule has 2 atom stereocenters. The Balaban J connectivity index is 1.59. The van der Waals surface area contributed by atoms with Crippen LogP contribution in [0.15, 0.2) is 47.1 Å². The van der Waals surface area contributed by atoms with Gasteiger partial charge in [0.1, 0.15) is 0 Å². The second kappa shape index (κ2) is 5.82. The fourth-order valence-corrected chi connectivity index (χ4v) is 3.72. The third kappa shape index (κ3) is 2.60. The van der Waals surface area contributed by atoms with E-state index in [-0.39, 0.29) is 18.4 Å². The van der Waals surface area contributed by atoms with Crippen LogP contribution >= 0.6 is 0 Å². The van der Waals surface area contributed by atoms with Crippen LogP contribution in [-0.4, -0.2) is 35.0 Å². The summed E-state index contributed by atoms with van der Waals surface area (Å²) in [6.07, 6.45) is 3.66. The summed E-state index contributed by atoms with van der Waals surface area (Å²) in [5.41, 5.74) is 1.67. The maximum atomic E-state index is 12.9. The maximum Gasteiger partial charge on any atom is 0.308 e. The molecule has 0 bridgehead atoms. The number of carbonyl (C=O) groups excluding carboxylic acids is 1. The van der Waals surface area contributed by atoms with Gasteiger partial charge in [-0.1, -0.05) is 30.3 Å². The van der Waals surface area contributed by atoms with Crippen LogP contribution in [0.1, 0.15) is 23.4 Å². The molecule has 1 aliphatic carbocycles. The zero-order valence-electron chi connectivity index (χ0n) is 13.2. The molecule has 0 spiro atoms. The number of benzene rings is 1. The van der Waals surface area contributed by atoms with Crippen molar-refractivity contribution in [3.8, 4) is 11.1 Å². The molecule has 1 aromatic carbocycles. The Kier molecular flexibility index (Phi) is 3.63. The third-order valence-electron chi connectivity index (χ3n) is 5.14. The Bertz CT molecular complexity index is 763. The van der Waals surface area contributed by atoms with E-state index in [1.165, 1.54) is 6.26 Å². The lowest BCUT2D eigenvalue weighted by Crippen LogP contribution is -2.30. The fourth-order valence-electron chi connectivity index (χ4n) is 3.72. The summed E-state index contributed by atoms with van der Waals surface area (Å²) >= 11 is 0. The number of rotatable bonds is 4. The first-order valence-corrected chi connectivity index (χ1v) is 8.30. The lowest BCUT2D eigenvalue weighted by Gasteiger charge is -2.15. The Morgan fingerprint density at radius 1 is 1.08 bits per heavy atom. The molecule has 0 unspecified atom stereocenters. The van der Waals surface area contributed by atoms with Gasteiger partial charge in [-0.2, -0.15) is 0 Å². The van der Waals surface area contributed by atoms with Crippen LogP contribution in [0.4, 0.5) is 0 Å². The molecule has 4 rings (SSSR count). The van der Waals surface area contributed by atoms with Crippen LogP contribution in [0.25, 0.3) is 11.1 Å². The van der Waals surface area contributed by atoms with Crippen LogP contribution < -0.4 is 0 Å². The molecule has 2 fully saturated rings. The van der Waals surface area contributed by atoms with Gasteiger partial charge in [-0.25, -0.2) is 0 Å². The van der Waals surface area contributed by atoms with Gasteiger partial charge in [0.05, 0.1) is 12.2 Å². The Hall–Kier alpha value is -2.56. The normalized spacial score (nSPS) is 23.4. The van der Waals surface area contributed by atoms with Gasteiger partial charge in [-0.3, -0.25) is 9.59 Å². The molecule has 1 saturated carbocycles. The van der Waals surface area contributed by atoms with Crippen LogP contribution in [0, 0.1) is 17.8 Å². The molecule has 1 N–H and O–H groups in total. The van der Waals surface area contributed by atoms with E-state index in [1.807, 2.05) is 30.3 Å². The van der Waals surface area contributed by atoms with Gasteiger partial charge >= 0.3 is 5.97 Å². The number of likely N-dealkylation sites (tertiary alicyclic amines) is 1. The molecule has 2 aliphatic rings. The van der Waals surface area contributed by atoms with Crippen molar-refractivity contribution in [3.05, 3.63) is 48.4 Å². The van der Waals surface area contributed by atoms with Crippen molar-refractivity contribution in [2.45, 2.75) is 12.8 Å². The van der Waals surface area contributed by atoms with Gasteiger partial charge < -0.3 is 14.4 Å². The first kappa shape index (κ1) is 15.0. The van der Waals surface area contributed by atoms with Crippen LogP contribution in [0.2, 0.25) is 0 Å². The molecule has 1 saturated heterocycles. The van der Waals surface area contributed by atoms with E-state index in [0.717, 1.165) is 24.0 Å². The second-order valence-electron chi connectivity index (χ2n) is 6.69. The lowest BCUT2D eigenvalue weighted by atomic mass is 9.92. The second-order valence-corrected chi connectivity index (χ2v) is 6.69. The molecule has 2 heterocycles. The summed E-state index contributed by atoms with van der Waals surface area (Å²) in [6, 6.07) is 11.4. The fraction of sp³-hybridized carbons (Fsp3) is 0.368. The van der Waals surface area contributed by atoms with E-state index >= 15 is 0 Å². The van der Waals surface area contributed by atoms with Gasteiger partial charge in [0.25, 0.3) is 5.91 Å². The number of carboxylic acid groups (broad SMARTS) is 1. The van der Waals surface area contributed by atoms with E-state index in [9.17, 15) is 14.7 Å². The minimum atomic E-state index is -0.801. The molecule has 5 heteroatoms. The average Bonchev–Trinajstić information content (AvgIpc) is 3.15. The smallest absolute Gasteiger partial charge is 0.308 e. The highest BCUT2D eigenvalue weighted by Gasteiger charge is 2.47. The highest BCUT2D eigenvalue weighted by atomic mass is 16.4. The Morgan fingerprint density at radius 2 is 1.83 bits per heavy atom. The minimum absolute atomic E-state index is 0.0709. The monoisotopic (exact) mass is 325 g/mol. The number of hydrogen-bond donors (Lipinski definition) is 1. The first-order valence-electron chi connectivity index (χ1n) is 8.30. The van der Waals surface area contributed by atoms with E-state index in [0.29, 0.717) is 18.2 Å². The van der Waals surface area contributed by atoms with Crippen molar-refractivity contribution in [1.29, 1.82) is 0 Å². The molecule has 124 valence electrons. The predicted octanol–water partition coefficient (Wildman–Crippen LogP) is 3.13. The van der Waals surface area contributed by atoms with E-state index < -0.39 is 11.9 Å². The van der Waals surface area contributed by atoms with Crippen LogP contribution in [0.5, 0.6) is 0 Å². The number of furan rings is 1. The van der Waals surface area contributed by atoms with E-state index in [2.05, 4.69) is 0 Å². The summed E-state index contributed by atoms with van der Waals surface area (Å²) in [5.74, 6) is -0.660. The quantitative estimate of drug-likeness (QED) is 0.937. The van der Waals surface area contributed by atoms with Crippen molar-refractivity contribution in [2.24, 2.45) is 17.8 Å². The van der Waals surface area contributed by atoms with Crippen LogP contribution in [-0.2, 0) is 4.79 Å². The first-order chi connectivity index (χ1) is 11.6. The summed E-state index contributed by atoms with van der Waals surface area (Å²) in [6.45, 7) is 0.777. The van der Waals surface area contributed by atoms with Crippen molar-refractivity contribution in [2.75, 3.05) is 13.1 Å². The topological polar surface area (TPSA) is 70.8 Å². The van der Waals surface area contributed by atoms with Gasteiger partial charge in [0.15, 0.2) is 5.76 Å². The van der Waals surface area contributed by atoms with Crippen molar-refractivity contribution < 1.29 is 19.1 Å². The highest BCUT2D eigenvalue weighted by molar-refractivity contribution is 5.98. The summed E-state index contributed by atoms with van der Waals surface area (Å²) < 4.78 is 5.46. The van der Waals surface area contributed by atoms with Crippen LogP contribution in [0.3, 0.4) is 0 Å². The van der Waals surface area contributed by atoms with Gasteiger partial charge in [0.2, 0.25) is 0 Å². The molecule has 24 heavy (non-hydrogen) atoms. The molecular weight excluding hydrogens is 306 g/mol. The number of hydrogen-bond acceptors (Lipinski definition) is 3. The minimum Gasteiger partial charge on any atom is -0.481 e. The average molecular weight is 325 g/mol. The molecule has 1 amide bonds. The summed E-state index contributed by atoms with van der Waals surface area (Å²) in [4.78, 5) is 26.1. The Morgan fingerprint density at radius 3 is 2.50 bits per heavy atom. The van der Waals surface area contributed by atoms with Gasteiger partial charge in [-0.15, -0.1) is 0 Å². The number of amides is 1. The third-order valence-corrected chi connectivity index (χ3v) is 5.14. The standard InChI is InChI=1S/C19H19NO4/c21-18(17-14(8-9-24-17)12-4-2-1-3-5-12)20-10-15(13-6-7-13)16(11-20)19(22)23/h1-5,8-9,13,15-16H,6-7,10-11H2,(H,22,23)/t15-,16+/m1/s1. The molecule has 1 aliphatic heterocycles. The number of carboxylic acids is 1. The number of nitrogens with zero attached hydrogens (tertiary/aromatic N) is 1. The summed E-state index contributed by atoms with van der Waals surface area (Å²) in [5, 5.41) is 9.46. The SMILES string of the molecule is O=C(O)[C@H]1CN(C(=O)c2occc2-c2ccccc2)C[C@@H]1C1CC1. The largest absolute Gasteiger partial charge is 0.481 e. The van der Waals surface area contributed by atoms with E-state index in [1.54, 1.807) is 11.0 Å². The zero-order chi connectivity index (χ0) is 16.7. The van der Waals surface area contributed by atoms with E-state index in [4.69, 9.17) is 4.42 Å². The van der Waals surface area contributed by atoms with Gasteiger partial charge in [0, 0.05) is 18.7 Å². The molecule has 0 radical (unpaired) electrons. The van der Waals surface area contributed by atoms with Crippen molar-refractivity contribution in [3.63, 3.8) is 0 Å². The zero-order valence-corrected chi connectivity index (χ0v) is 13.2. The Labute approximate surface area is 139 Å². The van der Waals surface area contributed by atoms with Gasteiger partial charge in [-0.05, 0) is 36.3 Å². The highest BCUT2D eigenvalue weighted by Crippen LogP contribution is 2.44. The van der Waals surface area contributed by atoms with Crippen molar-refractivity contribution >= 4 is 11.9 Å². The molecule has 2 aromatic rings.